The first-order valence-corrected chi connectivity index (χ1v) is 9.91. The summed E-state index contributed by atoms with van der Waals surface area (Å²) in [6.45, 7) is 4.13. The molecule has 6 heteroatoms. The van der Waals surface area contributed by atoms with Gasteiger partial charge in [-0.25, -0.2) is 0 Å². The van der Waals surface area contributed by atoms with Crippen molar-refractivity contribution in [3.63, 3.8) is 0 Å². The van der Waals surface area contributed by atoms with Gasteiger partial charge in [0.05, 0.1) is 10.9 Å². The van der Waals surface area contributed by atoms with Gasteiger partial charge in [-0.2, -0.15) is 0 Å². The van der Waals surface area contributed by atoms with Crippen LogP contribution in [0.5, 0.6) is 0 Å². The zero-order valence-corrected chi connectivity index (χ0v) is 15.8. The number of hydrogen-bond donors (Lipinski definition) is 2. The third-order valence-corrected chi connectivity index (χ3v) is 5.72. The predicted molar refractivity (Wildman–Crippen MR) is 104 cm³/mol. The Hall–Kier alpha value is -2.18. The van der Waals surface area contributed by atoms with Crippen molar-refractivity contribution in [2.45, 2.75) is 38.4 Å². The van der Waals surface area contributed by atoms with Crippen LogP contribution in [0.4, 0.5) is 0 Å². The van der Waals surface area contributed by atoms with E-state index in [1.165, 1.54) is 11.3 Å². The van der Waals surface area contributed by atoms with E-state index in [9.17, 15) is 9.59 Å². The van der Waals surface area contributed by atoms with E-state index in [1.54, 1.807) is 0 Å². The molecule has 138 valence electrons. The second-order valence-electron chi connectivity index (χ2n) is 6.64. The molecule has 5 nitrogen and oxygen atoms in total. The number of nitrogens with zero attached hydrogens (tertiary/aromatic N) is 1. The summed E-state index contributed by atoms with van der Waals surface area (Å²) in [7, 11) is 0. The summed E-state index contributed by atoms with van der Waals surface area (Å²) in [6, 6.07) is 13.7. The van der Waals surface area contributed by atoms with Crippen molar-refractivity contribution in [2.75, 3.05) is 13.1 Å². The van der Waals surface area contributed by atoms with Crippen molar-refractivity contribution in [3.05, 3.63) is 58.3 Å². The van der Waals surface area contributed by atoms with Crippen LogP contribution in [0, 0.1) is 0 Å². The third kappa shape index (κ3) is 4.93. The Balaban J connectivity index is 1.42. The van der Waals surface area contributed by atoms with Gasteiger partial charge in [0.1, 0.15) is 0 Å². The molecule has 1 aromatic heterocycles. The molecule has 2 heterocycles. The fraction of sp³-hybridized carbons (Fsp3) is 0.400. The largest absolute Gasteiger partial charge is 0.351 e. The highest BCUT2D eigenvalue weighted by molar-refractivity contribution is 7.12. The van der Waals surface area contributed by atoms with Gasteiger partial charge in [0.25, 0.3) is 5.91 Å². The van der Waals surface area contributed by atoms with Crippen LogP contribution >= 0.6 is 11.3 Å². The first kappa shape index (κ1) is 18.6. The van der Waals surface area contributed by atoms with Gasteiger partial charge in [-0.3, -0.25) is 14.5 Å². The highest BCUT2D eigenvalue weighted by Crippen LogP contribution is 2.15. The van der Waals surface area contributed by atoms with Crippen LogP contribution in [0.15, 0.2) is 47.8 Å². The van der Waals surface area contributed by atoms with Crippen molar-refractivity contribution >= 4 is 23.2 Å². The van der Waals surface area contributed by atoms with E-state index in [0.717, 1.165) is 36.4 Å². The van der Waals surface area contributed by atoms with Crippen LogP contribution in [-0.2, 0) is 11.3 Å². The summed E-state index contributed by atoms with van der Waals surface area (Å²) in [4.78, 5) is 27.5. The lowest BCUT2D eigenvalue weighted by Gasteiger charge is -2.35. The second kappa shape index (κ2) is 8.96. The first-order chi connectivity index (χ1) is 12.6. The number of hydrogen-bond acceptors (Lipinski definition) is 4. The molecular weight excluding hydrogens is 346 g/mol. The van der Waals surface area contributed by atoms with E-state index in [4.69, 9.17) is 0 Å². The topological polar surface area (TPSA) is 61.4 Å². The average molecular weight is 372 g/mol. The summed E-state index contributed by atoms with van der Waals surface area (Å²) in [6.07, 6.45) is 1.74. The van der Waals surface area contributed by atoms with Gasteiger partial charge in [0.15, 0.2) is 0 Å². The van der Waals surface area contributed by atoms with Crippen molar-refractivity contribution < 1.29 is 9.59 Å². The Morgan fingerprint density at radius 1 is 1.15 bits per heavy atom. The SMILES string of the molecule is CC(C(=O)NCc1ccccc1)N1CCC(NC(=O)c2cccs2)CC1. The van der Waals surface area contributed by atoms with Crippen LogP contribution in [0.25, 0.3) is 0 Å². The molecule has 26 heavy (non-hydrogen) atoms. The molecule has 1 fully saturated rings. The number of likely N-dealkylation sites (tertiary alicyclic amines) is 1. The Kier molecular flexibility index (Phi) is 6.41. The number of rotatable bonds is 6. The average Bonchev–Trinajstić information content (AvgIpc) is 3.22. The van der Waals surface area contributed by atoms with Crippen molar-refractivity contribution in [1.82, 2.24) is 15.5 Å². The fourth-order valence-electron chi connectivity index (χ4n) is 3.19. The van der Waals surface area contributed by atoms with E-state index in [1.807, 2.05) is 54.8 Å². The quantitative estimate of drug-likeness (QED) is 0.821. The van der Waals surface area contributed by atoms with Crippen molar-refractivity contribution in [1.29, 1.82) is 0 Å². The zero-order chi connectivity index (χ0) is 18.4. The number of piperidine rings is 1. The molecule has 1 aliphatic heterocycles. The normalized spacial score (nSPS) is 16.8. The minimum atomic E-state index is -0.160. The molecule has 2 N–H and O–H groups in total. The molecule has 2 aromatic rings. The maximum atomic E-state index is 12.4. The summed E-state index contributed by atoms with van der Waals surface area (Å²) in [5.74, 6) is 0.0574. The van der Waals surface area contributed by atoms with Gasteiger partial charge in [-0.15, -0.1) is 11.3 Å². The summed E-state index contributed by atoms with van der Waals surface area (Å²) in [5, 5.41) is 8.02. The van der Waals surface area contributed by atoms with Gasteiger partial charge in [-0.05, 0) is 36.8 Å². The van der Waals surface area contributed by atoms with Crippen LogP contribution in [0.2, 0.25) is 0 Å². The first-order valence-electron chi connectivity index (χ1n) is 9.03. The summed E-state index contributed by atoms with van der Waals surface area (Å²) < 4.78 is 0. The second-order valence-corrected chi connectivity index (χ2v) is 7.59. The molecular formula is C20H25N3O2S. The maximum absolute atomic E-state index is 12.4. The lowest BCUT2D eigenvalue weighted by Crippen LogP contribution is -2.51. The Labute approximate surface area is 158 Å². The lowest BCUT2D eigenvalue weighted by molar-refractivity contribution is -0.126. The minimum Gasteiger partial charge on any atom is -0.351 e. The van der Waals surface area contributed by atoms with Crippen molar-refractivity contribution in [2.24, 2.45) is 0 Å². The molecule has 0 spiro atoms. The molecule has 2 amide bonds. The predicted octanol–water partition coefficient (Wildman–Crippen LogP) is 2.65. The summed E-state index contributed by atoms with van der Waals surface area (Å²) in [5.41, 5.74) is 1.10. The number of nitrogens with one attached hydrogen (secondary N) is 2. The number of benzene rings is 1. The molecule has 3 rings (SSSR count). The lowest BCUT2D eigenvalue weighted by atomic mass is 10.0. The van der Waals surface area contributed by atoms with E-state index in [-0.39, 0.29) is 23.9 Å². The standard InChI is InChI=1S/C20H25N3O2S/c1-15(19(24)21-14-16-6-3-2-4-7-16)23-11-9-17(10-12-23)22-20(25)18-8-5-13-26-18/h2-8,13,15,17H,9-12,14H2,1H3,(H,21,24)(H,22,25). The van der Waals surface area contributed by atoms with Gasteiger partial charge < -0.3 is 10.6 Å². The smallest absolute Gasteiger partial charge is 0.261 e. The molecule has 0 saturated carbocycles. The molecule has 1 aliphatic rings. The zero-order valence-electron chi connectivity index (χ0n) is 15.0. The highest BCUT2D eigenvalue weighted by Gasteiger charge is 2.27. The highest BCUT2D eigenvalue weighted by atomic mass is 32.1. The molecule has 0 radical (unpaired) electrons. The van der Waals surface area contributed by atoms with Gasteiger partial charge >= 0.3 is 0 Å². The summed E-state index contributed by atoms with van der Waals surface area (Å²) >= 11 is 1.46. The van der Waals surface area contributed by atoms with E-state index in [2.05, 4.69) is 15.5 Å². The maximum Gasteiger partial charge on any atom is 0.261 e. The van der Waals surface area contributed by atoms with Gasteiger partial charge in [-0.1, -0.05) is 36.4 Å². The Bertz CT molecular complexity index is 710. The molecule has 1 unspecified atom stereocenters. The van der Waals surface area contributed by atoms with Crippen LogP contribution in [0.3, 0.4) is 0 Å². The van der Waals surface area contributed by atoms with E-state index < -0.39 is 0 Å². The third-order valence-electron chi connectivity index (χ3n) is 4.85. The monoisotopic (exact) mass is 371 g/mol. The number of amides is 2. The van der Waals surface area contributed by atoms with Crippen molar-refractivity contribution in [3.8, 4) is 0 Å². The van der Waals surface area contributed by atoms with Crippen LogP contribution in [0.1, 0.15) is 35.0 Å². The van der Waals surface area contributed by atoms with Crippen LogP contribution in [-0.4, -0.2) is 41.9 Å². The molecule has 1 saturated heterocycles. The molecule has 0 aliphatic carbocycles. The Morgan fingerprint density at radius 2 is 1.88 bits per heavy atom. The minimum absolute atomic E-state index is 0.00658. The Morgan fingerprint density at radius 3 is 2.54 bits per heavy atom. The van der Waals surface area contributed by atoms with E-state index in [0.29, 0.717) is 6.54 Å². The number of carbonyl (C=O) groups excluding carboxylic acids is 2. The van der Waals surface area contributed by atoms with Gasteiger partial charge in [0.2, 0.25) is 5.91 Å². The fourth-order valence-corrected chi connectivity index (χ4v) is 3.82. The van der Waals surface area contributed by atoms with Gasteiger partial charge in [0, 0.05) is 25.7 Å². The molecule has 0 bridgehead atoms. The molecule has 1 atom stereocenters. The number of thiophene rings is 1. The number of carbonyl (C=O) groups is 2. The molecule has 1 aromatic carbocycles. The van der Waals surface area contributed by atoms with E-state index >= 15 is 0 Å². The van der Waals surface area contributed by atoms with Crippen LogP contribution < -0.4 is 10.6 Å².